The second kappa shape index (κ2) is 8.37. The lowest BCUT2D eigenvalue weighted by Crippen LogP contribution is -3.30. The predicted octanol–water partition coefficient (Wildman–Crippen LogP) is -2.69. The Balaban J connectivity index is 1.51. The van der Waals surface area contributed by atoms with E-state index >= 15 is 0 Å². The number of amides is 2. The number of anilines is 1. The molecule has 8 heteroatoms. The molecule has 1 saturated heterocycles. The van der Waals surface area contributed by atoms with Crippen molar-refractivity contribution in [3.8, 4) is 11.5 Å². The first-order valence-electron chi connectivity index (χ1n) is 9.16. The van der Waals surface area contributed by atoms with E-state index < -0.39 is 0 Å². The van der Waals surface area contributed by atoms with E-state index in [4.69, 9.17) is 9.47 Å². The number of hydrogen-bond acceptors (Lipinski definition) is 4. The number of hydrogen-bond donors (Lipinski definition) is 4. The highest BCUT2D eigenvalue weighted by atomic mass is 16.6. The summed E-state index contributed by atoms with van der Waals surface area (Å²) in [5.41, 5.74) is 0.717. The van der Waals surface area contributed by atoms with Crippen LogP contribution in [0.25, 0.3) is 0 Å². The van der Waals surface area contributed by atoms with Crippen LogP contribution in [-0.2, 0) is 9.59 Å². The molecule has 0 saturated carbocycles. The smallest absolute Gasteiger partial charge is 0.282 e. The summed E-state index contributed by atoms with van der Waals surface area (Å²) in [7, 11) is 1.66. The van der Waals surface area contributed by atoms with Gasteiger partial charge in [0.05, 0.1) is 0 Å². The molecule has 0 unspecified atom stereocenters. The molecule has 0 spiro atoms. The maximum atomic E-state index is 12.6. The summed E-state index contributed by atoms with van der Waals surface area (Å²) >= 11 is 0. The lowest BCUT2D eigenvalue weighted by atomic mass is 10.2. The van der Waals surface area contributed by atoms with Crippen molar-refractivity contribution in [3.63, 3.8) is 0 Å². The number of fused-ring (bicyclic) bond motifs is 1. The zero-order valence-corrected chi connectivity index (χ0v) is 15.4. The lowest BCUT2D eigenvalue weighted by Gasteiger charge is -2.32. The average molecular weight is 364 g/mol. The van der Waals surface area contributed by atoms with Crippen molar-refractivity contribution < 1.29 is 28.9 Å². The van der Waals surface area contributed by atoms with Gasteiger partial charge in [0, 0.05) is 18.8 Å². The van der Waals surface area contributed by atoms with Crippen LogP contribution in [0.5, 0.6) is 11.5 Å². The van der Waals surface area contributed by atoms with E-state index in [9.17, 15) is 9.59 Å². The van der Waals surface area contributed by atoms with Crippen LogP contribution < -0.4 is 29.9 Å². The minimum Gasteiger partial charge on any atom is -0.486 e. The van der Waals surface area contributed by atoms with E-state index in [2.05, 4.69) is 10.6 Å². The maximum Gasteiger partial charge on any atom is 0.282 e. The highest BCUT2D eigenvalue weighted by molar-refractivity contribution is 5.93. The molecule has 2 aliphatic heterocycles. The molecule has 8 nitrogen and oxygen atoms in total. The summed E-state index contributed by atoms with van der Waals surface area (Å²) in [6, 6.07) is 5.31. The summed E-state index contributed by atoms with van der Waals surface area (Å²) in [5.74, 6) is 1.43. The first-order chi connectivity index (χ1) is 12.6. The molecule has 2 amide bonds. The van der Waals surface area contributed by atoms with Crippen molar-refractivity contribution in [1.29, 1.82) is 0 Å². The van der Waals surface area contributed by atoms with Gasteiger partial charge < -0.3 is 29.9 Å². The molecular formula is C18H28N4O4+2. The van der Waals surface area contributed by atoms with E-state index in [0.29, 0.717) is 31.3 Å². The molecule has 1 aromatic rings. The molecule has 1 fully saturated rings. The van der Waals surface area contributed by atoms with Crippen LogP contribution in [-0.4, -0.2) is 70.8 Å². The summed E-state index contributed by atoms with van der Waals surface area (Å²) in [5, 5.41) is 5.64. The summed E-state index contributed by atoms with van der Waals surface area (Å²) in [4.78, 5) is 26.6. The van der Waals surface area contributed by atoms with E-state index in [1.165, 1.54) is 9.80 Å². The first kappa shape index (κ1) is 18.5. The Labute approximate surface area is 153 Å². The number of carbonyl (C=O) groups is 2. The second-order valence-electron chi connectivity index (χ2n) is 6.83. The minimum absolute atomic E-state index is 0.00794. The van der Waals surface area contributed by atoms with Gasteiger partial charge in [-0.25, -0.2) is 0 Å². The van der Waals surface area contributed by atoms with Crippen LogP contribution in [0.4, 0.5) is 5.69 Å². The third-order valence-electron chi connectivity index (χ3n) is 5.10. The standard InChI is InChI=1S/C18H26N4O4/c1-13(22-7-5-21(6-8-22)12-17(23)19-2)18(24)20-14-3-4-15-16(11-14)26-10-9-25-15/h3-4,11,13H,5-10,12H2,1-2H3,(H,19,23)(H,20,24)/p+2/t13-/m0/s1. The van der Waals surface area contributed by atoms with Gasteiger partial charge in [-0.15, -0.1) is 0 Å². The number of carbonyl (C=O) groups excluding carboxylic acids is 2. The van der Waals surface area contributed by atoms with Gasteiger partial charge in [-0.05, 0) is 19.1 Å². The van der Waals surface area contributed by atoms with E-state index in [-0.39, 0.29) is 17.9 Å². The quantitative estimate of drug-likeness (QED) is 0.459. The first-order valence-corrected chi connectivity index (χ1v) is 9.16. The highest BCUT2D eigenvalue weighted by Crippen LogP contribution is 2.32. The Kier molecular flexibility index (Phi) is 5.95. The number of nitrogens with one attached hydrogen (secondary N) is 4. The van der Waals surface area contributed by atoms with Crippen LogP contribution >= 0.6 is 0 Å². The van der Waals surface area contributed by atoms with Crippen molar-refractivity contribution in [1.82, 2.24) is 5.32 Å². The largest absolute Gasteiger partial charge is 0.486 e. The van der Waals surface area contributed by atoms with Crippen LogP contribution in [0.2, 0.25) is 0 Å². The fourth-order valence-electron chi connectivity index (χ4n) is 3.41. The molecule has 1 aromatic carbocycles. The number of piperazine rings is 1. The van der Waals surface area contributed by atoms with Crippen molar-refractivity contribution in [3.05, 3.63) is 18.2 Å². The summed E-state index contributed by atoms with van der Waals surface area (Å²) in [6.07, 6.45) is 0. The summed E-state index contributed by atoms with van der Waals surface area (Å²) < 4.78 is 11.1. The maximum absolute atomic E-state index is 12.6. The van der Waals surface area contributed by atoms with Crippen molar-refractivity contribution in [2.45, 2.75) is 13.0 Å². The van der Waals surface area contributed by atoms with Crippen LogP contribution in [0.15, 0.2) is 18.2 Å². The van der Waals surface area contributed by atoms with Gasteiger partial charge in [-0.2, -0.15) is 0 Å². The SMILES string of the molecule is CNC(=O)C[NH+]1CC[NH+]([C@@H](C)C(=O)Nc2ccc3c(c2)OCCO3)CC1. The monoisotopic (exact) mass is 364 g/mol. The topological polar surface area (TPSA) is 85.5 Å². The van der Waals surface area contributed by atoms with Gasteiger partial charge in [0.25, 0.3) is 11.8 Å². The normalized spacial score (nSPS) is 23.0. The van der Waals surface area contributed by atoms with Crippen LogP contribution in [0, 0.1) is 0 Å². The van der Waals surface area contributed by atoms with Gasteiger partial charge in [0.15, 0.2) is 24.1 Å². The Bertz CT molecular complexity index is 659. The Morgan fingerprint density at radius 3 is 2.50 bits per heavy atom. The number of quaternary nitrogens is 2. The van der Waals surface area contributed by atoms with Crippen LogP contribution in [0.1, 0.15) is 6.92 Å². The number of rotatable bonds is 5. The minimum atomic E-state index is -0.148. The second-order valence-corrected chi connectivity index (χ2v) is 6.83. The molecular weight excluding hydrogens is 336 g/mol. The zero-order chi connectivity index (χ0) is 18.5. The predicted molar refractivity (Wildman–Crippen MR) is 95.9 cm³/mol. The Hall–Kier alpha value is -2.32. The van der Waals surface area contributed by atoms with Crippen molar-refractivity contribution >= 4 is 17.5 Å². The molecule has 0 aliphatic carbocycles. The fourth-order valence-corrected chi connectivity index (χ4v) is 3.41. The molecule has 0 radical (unpaired) electrons. The van der Waals surface area contributed by atoms with Crippen LogP contribution in [0.3, 0.4) is 0 Å². The number of benzene rings is 1. The van der Waals surface area contributed by atoms with Gasteiger partial charge in [0.1, 0.15) is 39.4 Å². The molecule has 26 heavy (non-hydrogen) atoms. The van der Waals surface area contributed by atoms with Gasteiger partial charge in [0.2, 0.25) is 0 Å². The van der Waals surface area contributed by atoms with E-state index in [1.807, 2.05) is 19.1 Å². The molecule has 3 rings (SSSR count). The molecule has 1 atom stereocenters. The number of likely N-dealkylation sites (N-methyl/N-ethyl adjacent to an activating group) is 1. The third-order valence-corrected chi connectivity index (χ3v) is 5.10. The van der Waals surface area contributed by atoms with Gasteiger partial charge in [-0.1, -0.05) is 0 Å². The number of ether oxygens (including phenoxy) is 2. The zero-order valence-electron chi connectivity index (χ0n) is 15.4. The molecule has 142 valence electrons. The molecule has 2 heterocycles. The molecule has 0 bridgehead atoms. The van der Waals surface area contributed by atoms with Crippen molar-refractivity contribution in [2.75, 3.05) is 58.3 Å². The molecule has 2 aliphatic rings. The van der Waals surface area contributed by atoms with Gasteiger partial charge >= 0.3 is 0 Å². The lowest BCUT2D eigenvalue weighted by molar-refractivity contribution is -1.01. The molecule has 0 aromatic heterocycles. The van der Waals surface area contributed by atoms with Crippen molar-refractivity contribution in [2.24, 2.45) is 0 Å². The Morgan fingerprint density at radius 2 is 1.81 bits per heavy atom. The molecule has 4 N–H and O–H groups in total. The van der Waals surface area contributed by atoms with Gasteiger partial charge in [-0.3, -0.25) is 9.59 Å². The van der Waals surface area contributed by atoms with E-state index in [0.717, 1.165) is 31.9 Å². The Morgan fingerprint density at radius 1 is 1.12 bits per heavy atom. The highest BCUT2D eigenvalue weighted by Gasteiger charge is 2.31. The average Bonchev–Trinajstić information content (AvgIpc) is 2.67. The van der Waals surface area contributed by atoms with E-state index in [1.54, 1.807) is 13.1 Å². The summed E-state index contributed by atoms with van der Waals surface area (Å²) in [6.45, 7) is 7.06. The third kappa shape index (κ3) is 4.44. The fraction of sp³-hybridized carbons (Fsp3) is 0.556.